The summed E-state index contributed by atoms with van der Waals surface area (Å²) in [5.74, 6) is 0.892. The molecule has 0 radical (unpaired) electrons. The highest BCUT2D eigenvalue weighted by molar-refractivity contribution is 5.70. The number of nitriles is 1. The van der Waals surface area contributed by atoms with Gasteiger partial charge in [-0.25, -0.2) is 0 Å². The number of ether oxygens (including phenoxy) is 1. The van der Waals surface area contributed by atoms with E-state index in [1.165, 1.54) is 11.1 Å². The van der Waals surface area contributed by atoms with Crippen molar-refractivity contribution in [3.63, 3.8) is 0 Å². The van der Waals surface area contributed by atoms with Gasteiger partial charge in [0.1, 0.15) is 5.75 Å². The van der Waals surface area contributed by atoms with Gasteiger partial charge in [0.15, 0.2) is 0 Å². The highest BCUT2D eigenvalue weighted by atomic mass is 16.5. The van der Waals surface area contributed by atoms with Crippen LogP contribution >= 0.6 is 0 Å². The number of nitrogens with zero attached hydrogens (tertiary/aromatic N) is 1. The van der Waals surface area contributed by atoms with E-state index in [1.54, 1.807) is 7.11 Å². The molecule has 0 aliphatic rings. The largest absolute Gasteiger partial charge is 0.496 e. The lowest BCUT2D eigenvalue weighted by Crippen LogP contribution is -1.92. The van der Waals surface area contributed by atoms with Crippen LogP contribution in [0.4, 0.5) is 0 Å². The molecule has 0 fully saturated rings. The SMILES string of the molecule is COc1ccccc1-c1ccc(CCc2ccc(C#N)cc2)cc1. The van der Waals surface area contributed by atoms with E-state index in [0.717, 1.165) is 29.7 Å². The lowest BCUT2D eigenvalue weighted by Gasteiger charge is -2.09. The van der Waals surface area contributed by atoms with Crippen molar-refractivity contribution >= 4 is 0 Å². The van der Waals surface area contributed by atoms with E-state index >= 15 is 0 Å². The molecule has 24 heavy (non-hydrogen) atoms. The minimum absolute atomic E-state index is 0.708. The van der Waals surface area contributed by atoms with Crippen molar-refractivity contribution in [2.24, 2.45) is 0 Å². The van der Waals surface area contributed by atoms with E-state index < -0.39 is 0 Å². The molecule has 2 heteroatoms. The Morgan fingerprint density at radius 1 is 0.792 bits per heavy atom. The Balaban J connectivity index is 1.69. The number of para-hydroxylation sites is 1. The standard InChI is InChI=1S/C22H19NO/c1-24-22-5-3-2-4-21(22)20-14-12-18(13-15-20)7-6-17-8-10-19(16-23)11-9-17/h2-5,8-15H,6-7H2,1H3. The molecule has 0 saturated heterocycles. The molecule has 0 amide bonds. The second-order valence-corrected chi connectivity index (χ2v) is 5.71. The quantitative estimate of drug-likeness (QED) is 0.662. The zero-order valence-electron chi connectivity index (χ0n) is 13.7. The number of hydrogen-bond acceptors (Lipinski definition) is 2. The monoisotopic (exact) mass is 313 g/mol. The van der Waals surface area contributed by atoms with E-state index in [1.807, 2.05) is 42.5 Å². The number of rotatable bonds is 5. The van der Waals surface area contributed by atoms with Gasteiger partial charge in [-0.3, -0.25) is 0 Å². The fourth-order valence-electron chi connectivity index (χ4n) is 2.77. The number of hydrogen-bond donors (Lipinski definition) is 0. The fraction of sp³-hybridized carbons (Fsp3) is 0.136. The minimum atomic E-state index is 0.708. The first-order valence-corrected chi connectivity index (χ1v) is 8.01. The molecule has 0 heterocycles. The summed E-state index contributed by atoms with van der Waals surface area (Å²) in [4.78, 5) is 0. The molecular weight excluding hydrogens is 294 g/mol. The van der Waals surface area contributed by atoms with Gasteiger partial charge in [0.25, 0.3) is 0 Å². The van der Waals surface area contributed by atoms with Crippen molar-refractivity contribution in [3.8, 4) is 22.9 Å². The summed E-state index contributed by atoms with van der Waals surface area (Å²) < 4.78 is 5.43. The summed E-state index contributed by atoms with van der Waals surface area (Å²) in [5.41, 5.74) is 5.54. The van der Waals surface area contributed by atoms with Gasteiger partial charge in [-0.15, -0.1) is 0 Å². The Labute approximate surface area is 143 Å². The van der Waals surface area contributed by atoms with Crippen LogP contribution in [0.3, 0.4) is 0 Å². The van der Waals surface area contributed by atoms with Crippen molar-refractivity contribution in [1.29, 1.82) is 5.26 Å². The molecule has 0 aromatic heterocycles. The lowest BCUT2D eigenvalue weighted by molar-refractivity contribution is 0.416. The Morgan fingerprint density at radius 3 is 1.96 bits per heavy atom. The number of benzene rings is 3. The van der Waals surface area contributed by atoms with E-state index in [9.17, 15) is 0 Å². The lowest BCUT2D eigenvalue weighted by atomic mass is 9.99. The van der Waals surface area contributed by atoms with E-state index in [2.05, 4.69) is 36.4 Å². The van der Waals surface area contributed by atoms with Gasteiger partial charge < -0.3 is 4.74 Å². The first kappa shape index (κ1) is 15.8. The van der Waals surface area contributed by atoms with Crippen LogP contribution in [-0.2, 0) is 12.8 Å². The summed E-state index contributed by atoms with van der Waals surface area (Å²) in [6.45, 7) is 0. The molecule has 0 N–H and O–H groups in total. The van der Waals surface area contributed by atoms with Gasteiger partial charge in [-0.05, 0) is 47.7 Å². The second-order valence-electron chi connectivity index (χ2n) is 5.71. The third kappa shape index (κ3) is 3.64. The third-order valence-corrected chi connectivity index (χ3v) is 4.16. The van der Waals surface area contributed by atoms with E-state index in [4.69, 9.17) is 10.00 Å². The molecule has 3 rings (SSSR count). The molecule has 0 bridgehead atoms. The summed E-state index contributed by atoms with van der Waals surface area (Å²) in [6, 6.07) is 26.7. The van der Waals surface area contributed by atoms with E-state index in [0.29, 0.717) is 5.56 Å². The van der Waals surface area contributed by atoms with Crippen LogP contribution in [0.5, 0.6) is 5.75 Å². The van der Waals surface area contributed by atoms with Crippen molar-refractivity contribution < 1.29 is 4.74 Å². The molecule has 0 aliphatic carbocycles. The average molecular weight is 313 g/mol. The van der Waals surface area contributed by atoms with Gasteiger partial charge in [-0.2, -0.15) is 5.26 Å². The number of methoxy groups -OCH3 is 1. The maximum atomic E-state index is 8.83. The van der Waals surface area contributed by atoms with Crippen LogP contribution in [0.25, 0.3) is 11.1 Å². The first-order valence-electron chi connectivity index (χ1n) is 8.01. The summed E-state index contributed by atoms with van der Waals surface area (Å²) >= 11 is 0. The third-order valence-electron chi connectivity index (χ3n) is 4.16. The van der Waals surface area contributed by atoms with Gasteiger partial charge in [-0.1, -0.05) is 54.6 Å². The van der Waals surface area contributed by atoms with Gasteiger partial charge in [0.2, 0.25) is 0 Å². The molecular formula is C22H19NO. The topological polar surface area (TPSA) is 33.0 Å². The Kier molecular flexibility index (Phi) is 4.93. The van der Waals surface area contributed by atoms with E-state index in [-0.39, 0.29) is 0 Å². The minimum Gasteiger partial charge on any atom is -0.496 e. The Bertz CT molecular complexity index is 842. The maximum absolute atomic E-state index is 8.83. The molecule has 2 nitrogen and oxygen atoms in total. The van der Waals surface area contributed by atoms with Crippen LogP contribution in [0.2, 0.25) is 0 Å². The van der Waals surface area contributed by atoms with Crippen LogP contribution in [0.1, 0.15) is 16.7 Å². The van der Waals surface area contributed by atoms with Gasteiger partial charge in [0.05, 0.1) is 18.7 Å². The smallest absolute Gasteiger partial charge is 0.126 e. The predicted molar refractivity (Wildman–Crippen MR) is 97.0 cm³/mol. The van der Waals surface area contributed by atoms with Crippen LogP contribution in [0, 0.1) is 11.3 Å². The molecule has 0 atom stereocenters. The summed E-state index contributed by atoms with van der Waals surface area (Å²) in [7, 11) is 1.70. The zero-order valence-corrected chi connectivity index (χ0v) is 13.7. The van der Waals surface area contributed by atoms with Crippen LogP contribution in [-0.4, -0.2) is 7.11 Å². The highest BCUT2D eigenvalue weighted by Gasteiger charge is 2.04. The molecule has 0 unspecified atom stereocenters. The van der Waals surface area contributed by atoms with Gasteiger partial charge >= 0.3 is 0 Å². The maximum Gasteiger partial charge on any atom is 0.126 e. The van der Waals surface area contributed by atoms with Crippen LogP contribution in [0.15, 0.2) is 72.8 Å². The Morgan fingerprint density at radius 2 is 1.38 bits per heavy atom. The summed E-state index contributed by atoms with van der Waals surface area (Å²) in [5, 5.41) is 8.83. The zero-order chi connectivity index (χ0) is 16.8. The van der Waals surface area contributed by atoms with Crippen molar-refractivity contribution in [2.75, 3.05) is 7.11 Å². The number of aryl methyl sites for hydroxylation is 2. The Hall–Kier alpha value is -3.05. The summed E-state index contributed by atoms with van der Waals surface area (Å²) in [6.07, 6.45) is 1.96. The molecule has 0 saturated carbocycles. The normalized spacial score (nSPS) is 10.2. The van der Waals surface area contributed by atoms with Crippen molar-refractivity contribution in [1.82, 2.24) is 0 Å². The fourth-order valence-corrected chi connectivity index (χ4v) is 2.77. The van der Waals surface area contributed by atoms with Crippen LogP contribution < -0.4 is 4.74 Å². The molecule has 118 valence electrons. The first-order chi connectivity index (χ1) is 11.8. The molecule has 3 aromatic rings. The average Bonchev–Trinajstić information content (AvgIpc) is 2.67. The molecule has 0 spiro atoms. The molecule has 0 aliphatic heterocycles. The van der Waals surface area contributed by atoms with Crippen molar-refractivity contribution in [2.45, 2.75) is 12.8 Å². The predicted octanol–water partition coefficient (Wildman–Crippen LogP) is 5.02. The second kappa shape index (κ2) is 7.48. The highest BCUT2D eigenvalue weighted by Crippen LogP contribution is 2.29. The molecule has 3 aromatic carbocycles. The van der Waals surface area contributed by atoms with Gasteiger partial charge in [0, 0.05) is 5.56 Å². The van der Waals surface area contributed by atoms with Crippen molar-refractivity contribution in [3.05, 3.63) is 89.5 Å².